The Balaban J connectivity index is 1.66. The van der Waals surface area contributed by atoms with Gasteiger partial charge in [0, 0.05) is 22.2 Å². The largest absolute Gasteiger partial charge is 0.487 e. The van der Waals surface area contributed by atoms with Crippen molar-refractivity contribution in [3.63, 3.8) is 0 Å². The van der Waals surface area contributed by atoms with Gasteiger partial charge in [-0.15, -0.1) is 0 Å². The van der Waals surface area contributed by atoms with Gasteiger partial charge in [0.15, 0.2) is 5.78 Å². The van der Waals surface area contributed by atoms with Gasteiger partial charge in [-0.2, -0.15) is 5.26 Å². The number of rotatable bonds is 5. The Morgan fingerprint density at radius 2 is 1.88 bits per heavy atom. The molecule has 0 saturated heterocycles. The van der Waals surface area contributed by atoms with Crippen LogP contribution in [-0.4, -0.2) is 5.78 Å². The van der Waals surface area contributed by atoms with Crippen LogP contribution >= 0.6 is 27.5 Å². The number of Topliss-reactive ketones (excluding diaryl/α,β-unsaturated/α-hetero) is 1. The molecule has 0 spiro atoms. The second kappa shape index (κ2) is 11.0. The minimum absolute atomic E-state index is 0.00872. The summed E-state index contributed by atoms with van der Waals surface area (Å²) in [5.74, 6) is -0.374. The minimum atomic E-state index is -0.619. The number of nitrogens with zero attached hydrogens (tertiary/aromatic N) is 2. The number of para-hydroxylation sites is 1. The number of nitriles is 1. The maximum absolute atomic E-state index is 14.0. The molecule has 5 rings (SSSR count). The third kappa shape index (κ3) is 5.39. The summed E-state index contributed by atoms with van der Waals surface area (Å²) in [6.07, 6.45) is 0.990. The van der Waals surface area contributed by atoms with Crippen LogP contribution in [0.2, 0.25) is 5.02 Å². The highest BCUT2D eigenvalue weighted by atomic mass is 79.9. The average molecular weight is 635 g/mol. The first-order valence-corrected chi connectivity index (χ1v) is 14.5. The number of ketones is 1. The summed E-state index contributed by atoms with van der Waals surface area (Å²) < 4.78 is 20.3. The van der Waals surface area contributed by atoms with Crippen molar-refractivity contribution in [1.82, 2.24) is 0 Å². The van der Waals surface area contributed by atoms with Crippen LogP contribution in [0.5, 0.6) is 5.75 Å². The van der Waals surface area contributed by atoms with E-state index < -0.39 is 11.7 Å². The smallest absolute Gasteiger partial charge is 0.162 e. The third-order valence-corrected chi connectivity index (χ3v) is 8.75. The van der Waals surface area contributed by atoms with E-state index in [1.807, 2.05) is 55.1 Å². The van der Waals surface area contributed by atoms with Gasteiger partial charge in [0.05, 0.1) is 28.3 Å². The zero-order valence-corrected chi connectivity index (χ0v) is 25.7. The minimum Gasteiger partial charge on any atom is -0.487 e. The van der Waals surface area contributed by atoms with E-state index in [9.17, 15) is 14.4 Å². The Labute approximate surface area is 253 Å². The lowest BCUT2D eigenvalue weighted by Gasteiger charge is -2.44. The van der Waals surface area contributed by atoms with Crippen LogP contribution in [-0.2, 0) is 11.4 Å². The molecule has 0 radical (unpaired) electrons. The molecule has 210 valence electrons. The molecule has 0 fully saturated rings. The molecule has 1 aliphatic carbocycles. The van der Waals surface area contributed by atoms with Gasteiger partial charge in [-0.1, -0.05) is 49.7 Å². The Bertz CT molecular complexity index is 1690. The summed E-state index contributed by atoms with van der Waals surface area (Å²) in [4.78, 5) is 15.8. The van der Waals surface area contributed by atoms with Crippen molar-refractivity contribution in [2.75, 3.05) is 4.90 Å². The number of halogens is 3. The highest BCUT2D eigenvalue weighted by Gasteiger charge is 2.45. The van der Waals surface area contributed by atoms with Crippen LogP contribution < -0.4 is 15.4 Å². The Morgan fingerprint density at radius 3 is 2.56 bits per heavy atom. The molecule has 1 heterocycles. The molecule has 0 saturated carbocycles. The van der Waals surface area contributed by atoms with Gasteiger partial charge in [0.2, 0.25) is 0 Å². The molecule has 1 atom stereocenters. The topological polar surface area (TPSA) is 79.4 Å². The van der Waals surface area contributed by atoms with Crippen LogP contribution in [0.4, 0.5) is 10.1 Å². The van der Waals surface area contributed by atoms with Crippen molar-refractivity contribution in [2.45, 2.75) is 53.1 Å². The third-order valence-electron chi connectivity index (χ3n) is 7.79. The fourth-order valence-electron chi connectivity index (χ4n) is 5.86. The van der Waals surface area contributed by atoms with E-state index in [-0.39, 0.29) is 22.8 Å². The number of benzene rings is 3. The first-order chi connectivity index (χ1) is 19.4. The molecule has 1 aliphatic heterocycles. The van der Waals surface area contributed by atoms with E-state index in [0.29, 0.717) is 35.6 Å². The standard InChI is InChI=1S/C33H30BrClFN3O2/c1-18-11-19(2)22(12-20(18)17-41-29-10-9-21(36)13-25(29)35)30-23(16-37)32(38)39(26-8-6-5-7-24(26)34)27-14-33(3,4)15-28(40)31(27)30/h5-13,30H,14-15,17,38H2,1-4H3. The van der Waals surface area contributed by atoms with Gasteiger partial charge >= 0.3 is 0 Å². The second-order valence-electron chi connectivity index (χ2n) is 11.4. The summed E-state index contributed by atoms with van der Waals surface area (Å²) in [7, 11) is 0. The van der Waals surface area contributed by atoms with Gasteiger partial charge < -0.3 is 10.5 Å². The maximum atomic E-state index is 14.0. The summed E-state index contributed by atoms with van der Waals surface area (Å²) in [5, 5.41) is 10.7. The molecule has 3 aromatic carbocycles. The van der Waals surface area contributed by atoms with Crippen molar-refractivity contribution in [3.8, 4) is 11.8 Å². The lowest BCUT2D eigenvalue weighted by atomic mass is 9.68. The molecule has 0 amide bonds. The summed E-state index contributed by atoms with van der Waals surface area (Å²) in [6, 6.07) is 18.0. The quantitative estimate of drug-likeness (QED) is 0.305. The van der Waals surface area contributed by atoms with Crippen molar-refractivity contribution in [1.29, 1.82) is 5.26 Å². The average Bonchev–Trinajstić information content (AvgIpc) is 2.89. The van der Waals surface area contributed by atoms with Gasteiger partial charge in [-0.3, -0.25) is 9.69 Å². The molecule has 2 aliphatic rings. The second-order valence-corrected chi connectivity index (χ2v) is 12.7. The highest BCUT2D eigenvalue weighted by molar-refractivity contribution is 9.10. The lowest BCUT2D eigenvalue weighted by Crippen LogP contribution is -2.42. The number of carbonyl (C=O) groups excluding carboxylic acids is 1. The van der Waals surface area contributed by atoms with Crippen LogP contribution in [0.25, 0.3) is 0 Å². The van der Waals surface area contributed by atoms with Gasteiger partial charge in [0.25, 0.3) is 0 Å². The van der Waals surface area contributed by atoms with Crippen LogP contribution in [0.15, 0.2) is 81.7 Å². The first kappa shape index (κ1) is 28.9. The van der Waals surface area contributed by atoms with E-state index in [0.717, 1.165) is 38.1 Å². The first-order valence-electron chi connectivity index (χ1n) is 13.3. The highest BCUT2D eigenvalue weighted by Crippen LogP contribution is 2.51. The molecule has 5 nitrogen and oxygen atoms in total. The zero-order valence-electron chi connectivity index (χ0n) is 23.3. The number of aryl methyl sites for hydroxylation is 2. The molecule has 41 heavy (non-hydrogen) atoms. The van der Waals surface area contributed by atoms with Crippen molar-refractivity contribution in [3.05, 3.63) is 115 Å². The van der Waals surface area contributed by atoms with Crippen LogP contribution in [0.3, 0.4) is 0 Å². The van der Waals surface area contributed by atoms with Crippen LogP contribution in [0, 0.1) is 36.4 Å². The van der Waals surface area contributed by atoms with E-state index >= 15 is 0 Å². The number of allylic oxidation sites excluding steroid dienone is 3. The van der Waals surface area contributed by atoms with E-state index in [1.165, 1.54) is 18.2 Å². The Kier molecular flexibility index (Phi) is 7.76. The normalized spacial score (nSPS) is 18.3. The Hall–Kier alpha value is -3.60. The maximum Gasteiger partial charge on any atom is 0.162 e. The number of ether oxygens (including phenoxy) is 1. The van der Waals surface area contributed by atoms with E-state index in [2.05, 4.69) is 35.8 Å². The molecule has 8 heteroatoms. The van der Waals surface area contributed by atoms with Crippen molar-refractivity contribution >= 4 is 39.0 Å². The molecular weight excluding hydrogens is 605 g/mol. The molecule has 3 aromatic rings. The van der Waals surface area contributed by atoms with Gasteiger partial charge in [-0.25, -0.2) is 4.39 Å². The SMILES string of the molecule is Cc1cc(C)c(C2C(C#N)=C(N)N(c3ccccc3Br)C3=C2C(=O)CC(C)(C)C3)cc1COc1ccc(F)cc1Cl. The van der Waals surface area contributed by atoms with Crippen molar-refractivity contribution in [2.24, 2.45) is 11.1 Å². The zero-order chi connectivity index (χ0) is 29.6. The monoisotopic (exact) mass is 633 g/mol. The van der Waals surface area contributed by atoms with Crippen molar-refractivity contribution < 1.29 is 13.9 Å². The fraction of sp³-hybridized carbons (Fsp3) is 0.273. The molecule has 0 aromatic heterocycles. The number of anilines is 1. The lowest BCUT2D eigenvalue weighted by molar-refractivity contribution is -0.118. The van der Waals surface area contributed by atoms with Gasteiger partial charge in [0.1, 0.15) is 24.0 Å². The number of hydrogen-bond donors (Lipinski definition) is 1. The van der Waals surface area contributed by atoms with Gasteiger partial charge in [-0.05, 0) is 94.2 Å². The predicted molar refractivity (Wildman–Crippen MR) is 163 cm³/mol. The summed E-state index contributed by atoms with van der Waals surface area (Å²) >= 11 is 9.83. The number of nitrogens with two attached hydrogens (primary N) is 1. The summed E-state index contributed by atoms with van der Waals surface area (Å²) in [6.45, 7) is 8.29. The number of carbonyl (C=O) groups is 1. The molecule has 0 bridgehead atoms. The predicted octanol–water partition coefficient (Wildman–Crippen LogP) is 8.38. The van der Waals surface area contributed by atoms with Crippen LogP contribution in [0.1, 0.15) is 54.9 Å². The number of hydrogen-bond acceptors (Lipinski definition) is 5. The molecule has 1 unspecified atom stereocenters. The fourth-order valence-corrected chi connectivity index (χ4v) is 6.54. The Morgan fingerprint density at radius 1 is 1.15 bits per heavy atom. The summed E-state index contributed by atoms with van der Waals surface area (Å²) in [5.41, 5.74) is 12.7. The van der Waals surface area contributed by atoms with E-state index in [1.54, 1.807) is 0 Å². The molecule has 2 N–H and O–H groups in total. The molecular formula is C33H30BrClFN3O2. The van der Waals surface area contributed by atoms with E-state index in [4.69, 9.17) is 22.1 Å².